The summed E-state index contributed by atoms with van der Waals surface area (Å²) >= 11 is 0. The first kappa shape index (κ1) is 17.0. The highest BCUT2D eigenvalue weighted by Crippen LogP contribution is 2.23. The van der Waals surface area contributed by atoms with Crippen molar-refractivity contribution in [1.29, 1.82) is 0 Å². The van der Waals surface area contributed by atoms with Crippen molar-refractivity contribution in [3.63, 3.8) is 0 Å². The highest BCUT2D eigenvalue weighted by atomic mass is 35.5. The number of nitrogens with zero attached hydrogens (tertiary/aromatic N) is 1. The molecular weight excluding hydrogens is 302 g/mol. The summed E-state index contributed by atoms with van der Waals surface area (Å²) in [5.41, 5.74) is 1.03. The summed E-state index contributed by atoms with van der Waals surface area (Å²) in [6, 6.07) is 3.82. The van der Waals surface area contributed by atoms with Crippen LogP contribution < -0.4 is 15.4 Å². The normalized spacial score (nSPS) is 21.4. The van der Waals surface area contributed by atoms with Crippen LogP contribution in [0.3, 0.4) is 0 Å². The second-order valence-corrected chi connectivity index (χ2v) is 5.89. The standard InChI is InChI=1S/C16H23N3O2.ClH/c20-16(14-6-3-8-17-14)19-11-12-7-9-18-15(10-12)21-13-4-1-2-5-13;/h7,9-10,13-14,17H,1-6,8,11H2,(H,19,20);1H. The molecule has 6 heteroatoms. The van der Waals surface area contributed by atoms with Crippen LogP contribution in [-0.4, -0.2) is 29.6 Å². The van der Waals surface area contributed by atoms with Gasteiger partial charge < -0.3 is 15.4 Å². The van der Waals surface area contributed by atoms with E-state index in [0.29, 0.717) is 18.5 Å². The van der Waals surface area contributed by atoms with Gasteiger partial charge in [-0.2, -0.15) is 0 Å². The van der Waals surface area contributed by atoms with E-state index in [-0.39, 0.29) is 24.4 Å². The quantitative estimate of drug-likeness (QED) is 0.871. The fourth-order valence-corrected chi connectivity index (χ4v) is 3.02. The number of halogens is 1. The zero-order valence-electron chi connectivity index (χ0n) is 12.7. The average Bonchev–Trinajstić information content (AvgIpc) is 3.18. The lowest BCUT2D eigenvalue weighted by molar-refractivity contribution is -0.122. The number of aromatic nitrogens is 1. The Hall–Kier alpha value is -1.33. The highest BCUT2D eigenvalue weighted by Gasteiger charge is 2.21. The third kappa shape index (κ3) is 4.58. The molecule has 2 N–H and O–H groups in total. The molecular formula is C16H24ClN3O2. The molecule has 122 valence electrons. The van der Waals surface area contributed by atoms with Gasteiger partial charge in [-0.1, -0.05) is 0 Å². The summed E-state index contributed by atoms with van der Waals surface area (Å²) in [4.78, 5) is 16.2. The van der Waals surface area contributed by atoms with Gasteiger partial charge in [0, 0.05) is 18.8 Å². The van der Waals surface area contributed by atoms with Crippen molar-refractivity contribution in [2.45, 2.75) is 57.2 Å². The van der Waals surface area contributed by atoms with Crippen LogP contribution in [0.25, 0.3) is 0 Å². The molecule has 1 aromatic heterocycles. The van der Waals surface area contributed by atoms with E-state index in [1.54, 1.807) is 6.20 Å². The number of pyridine rings is 1. The zero-order chi connectivity index (χ0) is 14.5. The van der Waals surface area contributed by atoms with E-state index in [4.69, 9.17) is 4.74 Å². The minimum atomic E-state index is -0.0268. The van der Waals surface area contributed by atoms with Gasteiger partial charge in [0.15, 0.2) is 0 Å². The Labute approximate surface area is 137 Å². The molecule has 1 saturated heterocycles. The maximum absolute atomic E-state index is 12.0. The highest BCUT2D eigenvalue weighted by molar-refractivity contribution is 5.85. The molecule has 0 radical (unpaired) electrons. The van der Waals surface area contributed by atoms with Crippen LogP contribution in [0.5, 0.6) is 5.88 Å². The summed E-state index contributed by atoms with van der Waals surface area (Å²) < 4.78 is 5.89. The van der Waals surface area contributed by atoms with E-state index in [0.717, 1.165) is 37.8 Å². The third-order valence-corrected chi connectivity index (χ3v) is 4.23. The van der Waals surface area contributed by atoms with Crippen LogP contribution in [-0.2, 0) is 11.3 Å². The maximum Gasteiger partial charge on any atom is 0.237 e. The van der Waals surface area contributed by atoms with Gasteiger partial charge in [0.1, 0.15) is 6.10 Å². The number of nitrogens with one attached hydrogen (secondary N) is 2. The Morgan fingerprint density at radius 1 is 1.32 bits per heavy atom. The smallest absolute Gasteiger partial charge is 0.237 e. The molecule has 1 saturated carbocycles. The third-order valence-electron chi connectivity index (χ3n) is 4.23. The predicted octanol–water partition coefficient (Wildman–Crippen LogP) is 2.19. The molecule has 2 fully saturated rings. The van der Waals surface area contributed by atoms with Crippen molar-refractivity contribution in [3.05, 3.63) is 23.9 Å². The van der Waals surface area contributed by atoms with Gasteiger partial charge >= 0.3 is 0 Å². The lowest BCUT2D eigenvalue weighted by Crippen LogP contribution is -2.40. The van der Waals surface area contributed by atoms with Crippen LogP contribution in [0.15, 0.2) is 18.3 Å². The topological polar surface area (TPSA) is 63.2 Å². The van der Waals surface area contributed by atoms with Crippen LogP contribution in [0, 0.1) is 0 Å². The Morgan fingerprint density at radius 2 is 2.14 bits per heavy atom. The molecule has 1 amide bonds. The average molecular weight is 326 g/mol. The van der Waals surface area contributed by atoms with Gasteiger partial charge in [-0.3, -0.25) is 4.79 Å². The van der Waals surface area contributed by atoms with E-state index in [9.17, 15) is 4.79 Å². The Balaban J connectivity index is 0.00000176. The fourth-order valence-electron chi connectivity index (χ4n) is 3.02. The molecule has 0 aromatic carbocycles. The number of ether oxygens (including phenoxy) is 1. The van der Waals surface area contributed by atoms with E-state index < -0.39 is 0 Å². The second-order valence-electron chi connectivity index (χ2n) is 5.89. The van der Waals surface area contributed by atoms with Crippen molar-refractivity contribution in [1.82, 2.24) is 15.6 Å². The monoisotopic (exact) mass is 325 g/mol. The first-order chi connectivity index (χ1) is 10.3. The van der Waals surface area contributed by atoms with E-state index in [2.05, 4.69) is 15.6 Å². The number of hydrogen-bond donors (Lipinski definition) is 2. The molecule has 1 aliphatic carbocycles. The summed E-state index contributed by atoms with van der Waals surface area (Å²) in [5.74, 6) is 0.759. The lowest BCUT2D eigenvalue weighted by Gasteiger charge is -2.14. The van der Waals surface area contributed by atoms with Crippen LogP contribution in [0.1, 0.15) is 44.1 Å². The first-order valence-corrected chi connectivity index (χ1v) is 7.94. The molecule has 0 spiro atoms. The lowest BCUT2D eigenvalue weighted by atomic mass is 10.2. The number of hydrogen-bond acceptors (Lipinski definition) is 4. The fraction of sp³-hybridized carbons (Fsp3) is 0.625. The maximum atomic E-state index is 12.0. The molecule has 1 unspecified atom stereocenters. The summed E-state index contributed by atoms with van der Waals surface area (Å²) in [6.07, 6.45) is 8.80. The number of carbonyl (C=O) groups is 1. The van der Waals surface area contributed by atoms with Crippen LogP contribution in [0.4, 0.5) is 0 Å². The van der Waals surface area contributed by atoms with Crippen molar-refractivity contribution < 1.29 is 9.53 Å². The van der Waals surface area contributed by atoms with E-state index >= 15 is 0 Å². The van der Waals surface area contributed by atoms with E-state index in [1.165, 1.54) is 12.8 Å². The molecule has 22 heavy (non-hydrogen) atoms. The van der Waals surface area contributed by atoms with Crippen molar-refractivity contribution in [3.8, 4) is 5.88 Å². The van der Waals surface area contributed by atoms with Gasteiger partial charge in [0.25, 0.3) is 0 Å². The second kappa shape index (κ2) is 8.34. The molecule has 2 heterocycles. The molecule has 1 aliphatic heterocycles. The van der Waals surface area contributed by atoms with Gasteiger partial charge in [-0.15, -0.1) is 12.4 Å². The predicted molar refractivity (Wildman–Crippen MR) is 87.2 cm³/mol. The molecule has 5 nitrogen and oxygen atoms in total. The summed E-state index contributed by atoms with van der Waals surface area (Å²) in [5, 5.41) is 6.18. The largest absolute Gasteiger partial charge is 0.474 e. The number of carbonyl (C=O) groups excluding carboxylic acids is 1. The van der Waals surface area contributed by atoms with Crippen molar-refractivity contribution >= 4 is 18.3 Å². The number of amides is 1. The molecule has 0 bridgehead atoms. The molecule has 3 rings (SSSR count). The van der Waals surface area contributed by atoms with Gasteiger partial charge in [-0.05, 0) is 56.7 Å². The van der Waals surface area contributed by atoms with Crippen LogP contribution in [0.2, 0.25) is 0 Å². The first-order valence-electron chi connectivity index (χ1n) is 7.94. The van der Waals surface area contributed by atoms with Gasteiger partial charge in [0.05, 0.1) is 6.04 Å². The minimum Gasteiger partial charge on any atom is -0.474 e. The Kier molecular flexibility index (Phi) is 6.46. The minimum absolute atomic E-state index is 0. The van der Waals surface area contributed by atoms with E-state index in [1.807, 2.05) is 12.1 Å². The Morgan fingerprint density at radius 3 is 2.86 bits per heavy atom. The van der Waals surface area contributed by atoms with Gasteiger partial charge in [0.2, 0.25) is 11.8 Å². The summed E-state index contributed by atoms with van der Waals surface area (Å²) in [6.45, 7) is 1.47. The molecule has 2 aliphatic rings. The Bertz CT molecular complexity index is 486. The molecule has 1 atom stereocenters. The van der Waals surface area contributed by atoms with Crippen LogP contribution >= 0.6 is 12.4 Å². The van der Waals surface area contributed by atoms with Crippen molar-refractivity contribution in [2.75, 3.05) is 6.54 Å². The van der Waals surface area contributed by atoms with Crippen molar-refractivity contribution in [2.24, 2.45) is 0 Å². The van der Waals surface area contributed by atoms with Gasteiger partial charge in [-0.25, -0.2) is 4.98 Å². The SMILES string of the molecule is Cl.O=C(NCc1ccnc(OC2CCCC2)c1)C1CCCN1. The molecule has 1 aromatic rings. The number of rotatable bonds is 5. The summed E-state index contributed by atoms with van der Waals surface area (Å²) in [7, 11) is 0. The zero-order valence-corrected chi connectivity index (χ0v) is 13.5.